The lowest BCUT2D eigenvalue weighted by Crippen LogP contribution is -2.41. The van der Waals surface area contributed by atoms with Crippen LogP contribution in [0.3, 0.4) is 0 Å². The Kier molecular flexibility index (Phi) is 3.04. The first-order chi connectivity index (χ1) is 6.35. The summed E-state index contributed by atoms with van der Waals surface area (Å²) in [5.74, 6) is -1.11. The second kappa shape index (κ2) is 3.77. The molecule has 0 spiro atoms. The smallest absolute Gasteiger partial charge is 0.328 e. The molecule has 0 aliphatic heterocycles. The minimum Gasteiger partial charge on any atom is -0.480 e. The number of aliphatic carboxylic acids is 1. The lowest BCUT2D eigenvalue weighted by Gasteiger charge is -2.19. The van der Waals surface area contributed by atoms with Crippen LogP contribution in [0.5, 0.6) is 0 Å². The first-order valence-corrected chi connectivity index (χ1v) is 4.59. The molecule has 0 bridgehead atoms. The van der Waals surface area contributed by atoms with E-state index in [0.717, 1.165) is 0 Å². The van der Waals surface area contributed by atoms with Gasteiger partial charge in [-0.1, -0.05) is 29.3 Å². The molecule has 3 N–H and O–H groups in total. The highest BCUT2D eigenvalue weighted by Crippen LogP contribution is 2.27. The van der Waals surface area contributed by atoms with Crippen molar-refractivity contribution in [3.63, 3.8) is 0 Å². The van der Waals surface area contributed by atoms with E-state index in [1.54, 1.807) is 6.07 Å². The summed E-state index contributed by atoms with van der Waals surface area (Å²) in [7, 11) is 0. The molecule has 0 saturated carbocycles. The maximum absolute atomic E-state index is 10.8. The number of carboxylic acids is 1. The molecule has 0 aliphatic carbocycles. The highest BCUT2D eigenvalue weighted by molar-refractivity contribution is 6.42. The van der Waals surface area contributed by atoms with Gasteiger partial charge in [-0.05, 0) is 24.6 Å². The number of benzene rings is 1. The van der Waals surface area contributed by atoms with Gasteiger partial charge in [-0.3, -0.25) is 0 Å². The summed E-state index contributed by atoms with van der Waals surface area (Å²) in [6.07, 6.45) is 0. The highest BCUT2D eigenvalue weighted by atomic mass is 35.5. The molecule has 0 heterocycles. The third-order valence-electron chi connectivity index (χ3n) is 1.96. The van der Waals surface area contributed by atoms with Gasteiger partial charge in [-0.2, -0.15) is 0 Å². The second-order valence-corrected chi connectivity index (χ2v) is 3.95. The van der Waals surface area contributed by atoms with E-state index in [9.17, 15) is 4.79 Å². The van der Waals surface area contributed by atoms with Crippen molar-refractivity contribution in [1.29, 1.82) is 0 Å². The van der Waals surface area contributed by atoms with Gasteiger partial charge < -0.3 is 10.8 Å². The zero-order valence-electron chi connectivity index (χ0n) is 7.42. The molecule has 0 aromatic heterocycles. The van der Waals surface area contributed by atoms with Crippen LogP contribution in [0.1, 0.15) is 12.5 Å². The fourth-order valence-electron chi connectivity index (χ4n) is 0.943. The number of nitrogens with two attached hydrogens (primary N) is 1. The van der Waals surface area contributed by atoms with Crippen LogP contribution < -0.4 is 5.73 Å². The molecule has 1 aromatic rings. The summed E-state index contributed by atoms with van der Waals surface area (Å²) >= 11 is 11.4. The molecule has 1 unspecified atom stereocenters. The van der Waals surface area contributed by atoms with Crippen molar-refractivity contribution in [1.82, 2.24) is 0 Å². The van der Waals surface area contributed by atoms with Crippen LogP contribution in [0.15, 0.2) is 18.2 Å². The van der Waals surface area contributed by atoms with Crippen molar-refractivity contribution in [2.24, 2.45) is 5.73 Å². The molecular weight excluding hydrogens is 225 g/mol. The topological polar surface area (TPSA) is 63.3 Å². The average molecular weight is 234 g/mol. The lowest BCUT2D eigenvalue weighted by atomic mass is 9.94. The number of carbonyl (C=O) groups is 1. The SMILES string of the molecule is CC(N)(C(=O)O)c1ccc(Cl)c(Cl)c1. The molecule has 5 heteroatoms. The third-order valence-corrected chi connectivity index (χ3v) is 2.70. The van der Waals surface area contributed by atoms with Gasteiger partial charge in [0.05, 0.1) is 10.0 Å². The van der Waals surface area contributed by atoms with E-state index >= 15 is 0 Å². The van der Waals surface area contributed by atoms with Crippen molar-refractivity contribution in [3.8, 4) is 0 Å². The molecule has 0 saturated heterocycles. The Balaban J connectivity index is 3.21. The Hall–Kier alpha value is -0.770. The van der Waals surface area contributed by atoms with Crippen molar-refractivity contribution >= 4 is 29.2 Å². The van der Waals surface area contributed by atoms with Crippen molar-refractivity contribution in [3.05, 3.63) is 33.8 Å². The van der Waals surface area contributed by atoms with Crippen LogP contribution in [0.25, 0.3) is 0 Å². The van der Waals surface area contributed by atoms with Gasteiger partial charge in [0.25, 0.3) is 0 Å². The Morgan fingerprint density at radius 1 is 1.43 bits per heavy atom. The predicted octanol–water partition coefficient (Wildman–Crippen LogP) is 2.25. The first kappa shape index (κ1) is 11.3. The summed E-state index contributed by atoms with van der Waals surface area (Å²) in [6.45, 7) is 1.40. The summed E-state index contributed by atoms with van der Waals surface area (Å²) < 4.78 is 0. The molecule has 3 nitrogen and oxygen atoms in total. The van der Waals surface area contributed by atoms with Crippen molar-refractivity contribution in [2.75, 3.05) is 0 Å². The largest absolute Gasteiger partial charge is 0.480 e. The van der Waals surface area contributed by atoms with Crippen molar-refractivity contribution < 1.29 is 9.90 Å². The van der Waals surface area contributed by atoms with Gasteiger partial charge in [-0.15, -0.1) is 0 Å². The summed E-state index contributed by atoms with van der Waals surface area (Å²) in [5.41, 5.74) is 4.56. The molecule has 0 radical (unpaired) electrons. The minimum absolute atomic E-state index is 0.294. The summed E-state index contributed by atoms with van der Waals surface area (Å²) in [5, 5.41) is 9.52. The van der Waals surface area contributed by atoms with E-state index < -0.39 is 11.5 Å². The van der Waals surface area contributed by atoms with Crippen LogP contribution in [-0.4, -0.2) is 11.1 Å². The monoisotopic (exact) mass is 233 g/mol. The van der Waals surface area contributed by atoms with Crippen LogP contribution in [-0.2, 0) is 10.3 Å². The quantitative estimate of drug-likeness (QED) is 0.824. The molecule has 1 aromatic carbocycles. The normalized spacial score (nSPS) is 14.9. The van der Waals surface area contributed by atoms with Crippen LogP contribution in [0.4, 0.5) is 0 Å². The van der Waals surface area contributed by atoms with E-state index in [1.165, 1.54) is 19.1 Å². The predicted molar refractivity (Wildman–Crippen MR) is 55.6 cm³/mol. The Morgan fingerprint density at radius 2 is 2.00 bits per heavy atom. The van der Waals surface area contributed by atoms with Gasteiger partial charge >= 0.3 is 5.97 Å². The van der Waals surface area contributed by atoms with Gasteiger partial charge in [0.15, 0.2) is 0 Å². The number of halogens is 2. The molecule has 0 amide bonds. The first-order valence-electron chi connectivity index (χ1n) is 3.83. The van der Waals surface area contributed by atoms with Crippen molar-refractivity contribution in [2.45, 2.75) is 12.5 Å². The maximum Gasteiger partial charge on any atom is 0.328 e. The second-order valence-electron chi connectivity index (χ2n) is 3.14. The molecule has 1 rings (SSSR count). The number of rotatable bonds is 2. The summed E-state index contributed by atoms with van der Waals surface area (Å²) in [6, 6.07) is 4.52. The molecular formula is C9H9Cl2NO2. The van der Waals surface area contributed by atoms with Crippen LogP contribution in [0.2, 0.25) is 10.0 Å². The van der Waals surface area contributed by atoms with Gasteiger partial charge in [-0.25, -0.2) is 4.79 Å². The Morgan fingerprint density at radius 3 is 2.43 bits per heavy atom. The van der Waals surface area contributed by atoms with Crippen LogP contribution in [0, 0.1) is 0 Å². The Bertz CT molecular complexity index is 377. The van der Waals surface area contributed by atoms with E-state index in [0.29, 0.717) is 15.6 Å². The number of carboxylic acid groups (broad SMARTS) is 1. The Labute approximate surface area is 91.4 Å². The molecule has 14 heavy (non-hydrogen) atoms. The fourth-order valence-corrected chi connectivity index (χ4v) is 1.24. The van der Waals surface area contributed by atoms with Gasteiger partial charge in [0, 0.05) is 0 Å². The standard InChI is InChI=1S/C9H9Cl2NO2/c1-9(12,8(13)14)5-2-3-6(10)7(11)4-5/h2-4H,12H2,1H3,(H,13,14). The zero-order valence-corrected chi connectivity index (χ0v) is 8.93. The van der Waals surface area contributed by atoms with Crippen LogP contribution >= 0.6 is 23.2 Å². The fraction of sp³-hybridized carbons (Fsp3) is 0.222. The number of hydrogen-bond donors (Lipinski definition) is 2. The molecule has 0 fully saturated rings. The van der Waals surface area contributed by atoms with E-state index in [2.05, 4.69) is 0 Å². The zero-order chi connectivity index (χ0) is 10.9. The lowest BCUT2D eigenvalue weighted by molar-refractivity contribution is -0.143. The highest BCUT2D eigenvalue weighted by Gasteiger charge is 2.30. The third kappa shape index (κ3) is 2.00. The van der Waals surface area contributed by atoms with E-state index in [4.69, 9.17) is 34.0 Å². The summed E-state index contributed by atoms with van der Waals surface area (Å²) in [4.78, 5) is 10.8. The average Bonchev–Trinajstić information content (AvgIpc) is 2.09. The minimum atomic E-state index is -1.45. The molecule has 0 aliphatic rings. The molecule has 1 atom stereocenters. The number of hydrogen-bond acceptors (Lipinski definition) is 2. The van der Waals surface area contributed by atoms with Gasteiger partial charge in [0.1, 0.15) is 5.54 Å². The van der Waals surface area contributed by atoms with E-state index in [1.807, 2.05) is 0 Å². The molecule has 76 valence electrons. The van der Waals surface area contributed by atoms with Gasteiger partial charge in [0.2, 0.25) is 0 Å². The van der Waals surface area contributed by atoms with E-state index in [-0.39, 0.29) is 0 Å². The maximum atomic E-state index is 10.8.